The molecule has 7 nitrogen and oxygen atoms in total. The summed E-state index contributed by atoms with van der Waals surface area (Å²) in [6.07, 6.45) is -2.60. The van der Waals surface area contributed by atoms with E-state index in [0.29, 0.717) is 12.1 Å². The van der Waals surface area contributed by atoms with Crippen molar-refractivity contribution < 1.29 is 22.7 Å². The van der Waals surface area contributed by atoms with Gasteiger partial charge in [-0.15, -0.1) is 13.2 Å². The van der Waals surface area contributed by atoms with Gasteiger partial charge in [0, 0.05) is 23.7 Å². The van der Waals surface area contributed by atoms with Crippen molar-refractivity contribution in [3.63, 3.8) is 0 Å². The van der Waals surface area contributed by atoms with Crippen molar-refractivity contribution in [3.05, 3.63) is 53.7 Å². The number of carbonyl (C=O) groups is 1. The van der Waals surface area contributed by atoms with Gasteiger partial charge in [-0.1, -0.05) is 45.9 Å². The van der Waals surface area contributed by atoms with E-state index in [2.05, 4.69) is 44.1 Å². The number of para-hydroxylation sites is 1. The van der Waals surface area contributed by atoms with E-state index in [0.717, 1.165) is 43.1 Å². The number of fused-ring (bicyclic) bond motifs is 1. The molecule has 0 fully saturated rings. The number of halogens is 3. The maximum absolute atomic E-state index is 13.1. The first-order chi connectivity index (χ1) is 17.1. The molecule has 2 N–H and O–H groups in total. The normalized spacial score (nSPS) is 11.8. The van der Waals surface area contributed by atoms with Gasteiger partial charge in [-0.2, -0.15) is 0 Å². The smallest absolute Gasteiger partial charge is 0.404 e. The van der Waals surface area contributed by atoms with Gasteiger partial charge in [-0.25, -0.2) is 9.97 Å². The van der Waals surface area contributed by atoms with Crippen LogP contribution in [0.3, 0.4) is 0 Å². The molecule has 0 aliphatic heterocycles. The highest BCUT2D eigenvalue weighted by Crippen LogP contribution is 2.33. The van der Waals surface area contributed by atoms with Crippen molar-refractivity contribution in [2.24, 2.45) is 0 Å². The fourth-order valence-electron chi connectivity index (χ4n) is 3.85. The highest BCUT2D eigenvalue weighted by molar-refractivity contribution is 5.95. The predicted octanol–water partition coefficient (Wildman–Crippen LogP) is 5.86. The minimum Gasteiger partial charge on any atom is -0.404 e. The first kappa shape index (κ1) is 27.2. The topological polar surface area (TPSA) is 79.4 Å². The Labute approximate surface area is 209 Å². The molecule has 3 rings (SSSR count). The van der Waals surface area contributed by atoms with Gasteiger partial charge in [0.1, 0.15) is 0 Å². The molecule has 0 unspecified atom stereocenters. The highest BCUT2D eigenvalue weighted by atomic mass is 19.4. The van der Waals surface area contributed by atoms with Gasteiger partial charge in [0.2, 0.25) is 5.95 Å². The molecule has 10 heteroatoms. The summed E-state index contributed by atoms with van der Waals surface area (Å²) >= 11 is 0. The number of nitrogens with one attached hydrogen (secondary N) is 2. The Hall–Kier alpha value is -3.40. The van der Waals surface area contributed by atoms with Crippen LogP contribution in [0, 0.1) is 0 Å². The number of rotatable bonds is 11. The standard InChI is InChI=1S/C26H32F3N5O2/c1-5-34(6-2)14-8-13-30-24(35)18-11-12-21(22(15-18)36-26(27,28)29)32-25-31-16-19-9-7-10-20(17(3)4)23(19)33-25/h7,9-12,15-17H,5-6,8,13-14H2,1-4H3,(H,30,35)(H,31,32,33). The Bertz CT molecular complexity index is 1180. The molecule has 1 amide bonds. The molecule has 0 spiro atoms. The lowest BCUT2D eigenvalue weighted by atomic mass is 10.0. The fraction of sp³-hybridized carbons (Fsp3) is 0.423. The van der Waals surface area contributed by atoms with Crippen molar-refractivity contribution in [1.29, 1.82) is 0 Å². The van der Waals surface area contributed by atoms with Crippen LogP contribution in [0.4, 0.5) is 24.8 Å². The third-order valence-electron chi connectivity index (χ3n) is 5.81. The lowest BCUT2D eigenvalue weighted by molar-refractivity contribution is -0.274. The van der Waals surface area contributed by atoms with Crippen LogP contribution in [-0.2, 0) is 0 Å². The first-order valence-electron chi connectivity index (χ1n) is 12.0. The molecule has 0 aliphatic rings. The van der Waals surface area contributed by atoms with Gasteiger partial charge in [-0.05, 0) is 55.7 Å². The van der Waals surface area contributed by atoms with Crippen molar-refractivity contribution in [2.45, 2.75) is 46.4 Å². The van der Waals surface area contributed by atoms with Crippen molar-refractivity contribution in [1.82, 2.24) is 20.2 Å². The van der Waals surface area contributed by atoms with Gasteiger partial charge < -0.3 is 20.3 Å². The molecular formula is C26H32F3N5O2. The largest absolute Gasteiger partial charge is 0.573 e. The Morgan fingerprint density at radius 1 is 1.14 bits per heavy atom. The summed E-state index contributed by atoms with van der Waals surface area (Å²) < 4.78 is 43.7. The van der Waals surface area contributed by atoms with Crippen molar-refractivity contribution in [3.8, 4) is 5.75 Å². The Kier molecular flexibility index (Phi) is 9.08. The number of benzene rings is 2. The summed E-state index contributed by atoms with van der Waals surface area (Å²) in [4.78, 5) is 23.5. The number of alkyl halides is 3. The molecule has 1 aromatic heterocycles. The van der Waals surface area contributed by atoms with Crippen molar-refractivity contribution >= 4 is 28.4 Å². The van der Waals surface area contributed by atoms with Crippen LogP contribution >= 0.6 is 0 Å². The number of anilines is 2. The molecular weight excluding hydrogens is 471 g/mol. The number of aromatic nitrogens is 2. The summed E-state index contributed by atoms with van der Waals surface area (Å²) in [7, 11) is 0. The number of carbonyl (C=O) groups excluding carboxylic acids is 1. The van der Waals surface area contributed by atoms with Crippen LogP contribution in [-0.4, -0.2) is 53.3 Å². The van der Waals surface area contributed by atoms with E-state index in [-0.39, 0.29) is 23.1 Å². The number of amides is 1. The van der Waals surface area contributed by atoms with E-state index in [4.69, 9.17) is 0 Å². The molecule has 0 saturated heterocycles. The van der Waals surface area contributed by atoms with E-state index >= 15 is 0 Å². The number of nitrogens with zero attached hydrogens (tertiary/aromatic N) is 3. The lowest BCUT2D eigenvalue weighted by Crippen LogP contribution is -2.30. The van der Waals surface area contributed by atoms with Gasteiger partial charge in [-0.3, -0.25) is 4.79 Å². The minimum atomic E-state index is -4.94. The molecule has 0 aliphatic carbocycles. The average molecular weight is 504 g/mol. The number of hydrogen-bond acceptors (Lipinski definition) is 6. The Morgan fingerprint density at radius 2 is 1.89 bits per heavy atom. The van der Waals surface area contributed by atoms with Gasteiger partial charge >= 0.3 is 6.36 Å². The van der Waals surface area contributed by atoms with E-state index < -0.39 is 18.0 Å². The second-order valence-electron chi connectivity index (χ2n) is 8.65. The molecule has 0 radical (unpaired) electrons. The molecule has 0 saturated carbocycles. The maximum atomic E-state index is 13.1. The summed E-state index contributed by atoms with van der Waals surface area (Å²) in [5.74, 6) is -0.697. The maximum Gasteiger partial charge on any atom is 0.573 e. The monoisotopic (exact) mass is 503 g/mol. The predicted molar refractivity (Wildman–Crippen MR) is 135 cm³/mol. The van der Waals surface area contributed by atoms with Crippen LogP contribution < -0.4 is 15.4 Å². The molecule has 194 valence electrons. The first-order valence-corrected chi connectivity index (χ1v) is 12.0. The summed E-state index contributed by atoms with van der Waals surface area (Å²) in [6.45, 7) is 11.3. The van der Waals surface area contributed by atoms with Crippen LogP contribution in [0.1, 0.15) is 56.0 Å². The van der Waals surface area contributed by atoms with Crippen LogP contribution in [0.2, 0.25) is 0 Å². The second-order valence-corrected chi connectivity index (χ2v) is 8.65. The van der Waals surface area contributed by atoms with E-state index in [1.807, 2.05) is 32.0 Å². The Balaban J connectivity index is 1.81. The molecule has 0 bridgehead atoms. The third kappa shape index (κ3) is 7.30. The van der Waals surface area contributed by atoms with Crippen LogP contribution in [0.5, 0.6) is 5.75 Å². The minimum absolute atomic E-state index is 0.00761. The quantitative estimate of drug-likeness (QED) is 0.319. The summed E-state index contributed by atoms with van der Waals surface area (Å²) in [6, 6.07) is 9.60. The van der Waals surface area contributed by atoms with Crippen LogP contribution in [0.25, 0.3) is 10.9 Å². The average Bonchev–Trinajstić information content (AvgIpc) is 2.83. The zero-order valence-electron chi connectivity index (χ0n) is 20.9. The molecule has 1 heterocycles. The summed E-state index contributed by atoms with van der Waals surface area (Å²) in [5, 5.41) is 6.39. The molecule has 0 atom stereocenters. The van der Waals surface area contributed by atoms with E-state index in [1.165, 1.54) is 12.1 Å². The van der Waals surface area contributed by atoms with E-state index in [1.54, 1.807) is 6.20 Å². The van der Waals surface area contributed by atoms with Gasteiger partial charge in [0.15, 0.2) is 5.75 Å². The van der Waals surface area contributed by atoms with Crippen molar-refractivity contribution in [2.75, 3.05) is 31.5 Å². The summed E-state index contributed by atoms with van der Waals surface area (Å²) in [5.41, 5.74) is 1.76. The van der Waals surface area contributed by atoms with E-state index in [9.17, 15) is 18.0 Å². The van der Waals surface area contributed by atoms with Crippen LogP contribution in [0.15, 0.2) is 42.6 Å². The highest BCUT2D eigenvalue weighted by Gasteiger charge is 2.32. The molecule has 36 heavy (non-hydrogen) atoms. The SMILES string of the molecule is CCN(CC)CCCNC(=O)c1ccc(Nc2ncc3cccc(C(C)C)c3n2)c(OC(F)(F)F)c1. The second kappa shape index (κ2) is 12.0. The fourth-order valence-corrected chi connectivity index (χ4v) is 3.85. The third-order valence-corrected chi connectivity index (χ3v) is 5.81. The molecule has 2 aromatic carbocycles. The molecule has 3 aromatic rings. The zero-order valence-corrected chi connectivity index (χ0v) is 20.9. The number of hydrogen-bond donors (Lipinski definition) is 2. The van der Waals surface area contributed by atoms with Gasteiger partial charge in [0.25, 0.3) is 5.91 Å². The zero-order chi connectivity index (χ0) is 26.3. The Morgan fingerprint density at radius 3 is 2.56 bits per heavy atom. The number of ether oxygens (including phenoxy) is 1. The van der Waals surface area contributed by atoms with Gasteiger partial charge in [0.05, 0.1) is 11.2 Å². The lowest BCUT2D eigenvalue weighted by Gasteiger charge is -2.18.